The van der Waals surface area contributed by atoms with Gasteiger partial charge in [-0.05, 0) is 49.7 Å². The summed E-state index contributed by atoms with van der Waals surface area (Å²) in [6, 6.07) is 13.8. The van der Waals surface area contributed by atoms with Crippen LogP contribution in [0.15, 0.2) is 48.5 Å². The molecule has 6 heteroatoms. The molecule has 136 valence electrons. The number of nitrogens with one attached hydrogen (secondary N) is 1. The van der Waals surface area contributed by atoms with E-state index in [1.165, 1.54) is 6.07 Å². The number of aromatic nitrogens is 2. The van der Waals surface area contributed by atoms with Gasteiger partial charge < -0.3 is 4.98 Å². The lowest BCUT2D eigenvalue weighted by Crippen LogP contribution is -2.33. The van der Waals surface area contributed by atoms with Crippen LogP contribution < -0.4 is 0 Å². The first-order valence-electron chi connectivity index (χ1n) is 8.83. The Balaban J connectivity index is 1.43. The number of piperidine rings is 1. The minimum atomic E-state index is -4.30. The first kappa shape index (κ1) is 17.1. The Kier molecular flexibility index (Phi) is 4.44. The summed E-state index contributed by atoms with van der Waals surface area (Å²) < 4.78 is 39.5. The van der Waals surface area contributed by atoms with Crippen LogP contribution in [-0.4, -0.2) is 28.0 Å². The van der Waals surface area contributed by atoms with Crippen molar-refractivity contribution in [1.82, 2.24) is 14.9 Å². The Bertz CT molecular complexity index is 859. The van der Waals surface area contributed by atoms with Gasteiger partial charge >= 0.3 is 6.18 Å². The Morgan fingerprint density at radius 3 is 2.42 bits per heavy atom. The predicted molar refractivity (Wildman–Crippen MR) is 94.8 cm³/mol. The van der Waals surface area contributed by atoms with E-state index in [1.54, 1.807) is 12.1 Å². The smallest absolute Gasteiger partial charge is 0.342 e. The van der Waals surface area contributed by atoms with E-state index in [0.29, 0.717) is 18.0 Å². The molecule has 4 rings (SSSR count). The van der Waals surface area contributed by atoms with Gasteiger partial charge in [0.25, 0.3) is 0 Å². The fourth-order valence-electron chi connectivity index (χ4n) is 3.71. The van der Waals surface area contributed by atoms with Gasteiger partial charge in [-0.2, -0.15) is 13.2 Å². The van der Waals surface area contributed by atoms with Crippen molar-refractivity contribution in [2.45, 2.75) is 31.5 Å². The number of alkyl halides is 3. The van der Waals surface area contributed by atoms with Gasteiger partial charge in [0, 0.05) is 12.5 Å². The molecule has 2 aromatic carbocycles. The number of rotatable bonds is 3. The zero-order valence-corrected chi connectivity index (χ0v) is 14.3. The highest BCUT2D eigenvalue weighted by atomic mass is 19.4. The molecule has 0 unspecified atom stereocenters. The Labute approximate surface area is 149 Å². The standard InChI is InChI=1S/C20H20F3N3/c21-20(22,23)16-6-2-1-5-15(16)13-26-11-9-14(10-12-26)19-24-17-7-3-4-8-18(17)25-19/h1-8,14H,9-13H2,(H,24,25). The minimum absolute atomic E-state index is 0.330. The van der Waals surface area contributed by atoms with Gasteiger partial charge in [-0.3, -0.25) is 4.90 Å². The maximum absolute atomic E-state index is 13.2. The molecule has 3 nitrogen and oxygen atoms in total. The number of imidazole rings is 1. The predicted octanol–water partition coefficient (Wildman–Crippen LogP) is 4.96. The largest absolute Gasteiger partial charge is 0.416 e. The number of halogens is 3. The molecule has 26 heavy (non-hydrogen) atoms. The first-order valence-corrected chi connectivity index (χ1v) is 8.83. The van der Waals surface area contributed by atoms with Crippen molar-refractivity contribution < 1.29 is 13.2 Å². The first-order chi connectivity index (χ1) is 12.5. The zero-order valence-electron chi connectivity index (χ0n) is 14.3. The number of aromatic amines is 1. The number of fused-ring (bicyclic) bond motifs is 1. The summed E-state index contributed by atoms with van der Waals surface area (Å²) in [5, 5.41) is 0. The van der Waals surface area contributed by atoms with E-state index in [9.17, 15) is 13.2 Å². The number of benzene rings is 2. The highest BCUT2D eigenvalue weighted by Crippen LogP contribution is 2.34. The maximum atomic E-state index is 13.2. The lowest BCUT2D eigenvalue weighted by Gasteiger charge is -2.31. The molecule has 1 aliphatic heterocycles. The van der Waals surface area contributed by atoms with Crippen LogP contribution >= 0.6 is 0 Å². The van der Waals surface area contributed by atoms with E-state index in [4.69, 9.17) is 0 Å². The Morgan fingerprint density at radius 2 is 1.69 bits per heavy atom. The molecule has 2 heterocycles. The number of H-pyrrole nitrogens is 1. The van der Waals surface area contributed by atoms with Gasteiger partial charge in [0.2, 0.25) is 0 Å². The molecule has 1 aromatic heterocycles. The second kappa shape index (κ2) is 6.76. The molecule has 3 aromatic rings. The van der Waals surface area contributed by atoms with Crippen LogP contribution in [0.25, 0.3) is 11.0 Å². The average Bonchev–Trinajstić information content (AvgIpc) is 3.06. The van der Waals surface area contributed by atoms with Gasteiger partial charge in [-0.25, -0.2) is 4.98 Å². The highest BCUT2D eigenvalue weighted by Gasteiger charge is 2.33. The second-order valence-electron chi connectivity index (χ2n) is 6.84. The summed E-state index contributed by atoms with van der Waals surface area (Å²) in [6.07, 6.45) is -2.51. The quantitative estimate of drug-likeness (QED) is 0.717. The molecular formula is C20H20F3N3. The average molecular weight is 359 g/mol. The molecular weight excluding hydrogens is 339 g/mol. The maximum Gasteiger partial charge on any atom is 0.416 e. The number of likely N-dealkylation sites (tertiary alicyclic amines) is 1. The highest BCUT2D eigenvalue weighted by molar-refractivity contribution is 5.74. The summed E-state index contributed by atoms with van der Waals surface area (Å²) in [5.41, 5.74) is 1.81. The fraction of sp³-hybridized carbons (Fsp3) is 0.350. The van der Waals surface area contributed by atoms with E-state index in [2.05, 4.69) is 14.9 Å². The van der Waals surface area contributed by atoms with Crippen molar-refractivity contribution in [2.24, 2.45) is 0 Å². The van der Waals surface area contributed by atoms with Crippen molar-refractivity contribution in [1.29, 1.82) is 0 Å². The molecule has 1 N–H and O–H groups in total. The van der Waals surface area contributed by atoms with Crippen molar-refractivity contribution in [3.63, 3.8) is 0 Å². The van der Waals surface area contributed by atoms with Crippen LogP contribution in [0.4, 0.5) is 13.2 Å². The zero-order chi connectivity index (χ0) is 18.1. The Morgan fingerprint density at radius 1 is 1.00 bits per heavy atom. The van der Waals surface area contributed by atoms with Gasteiger partial charge in [0.05, 0.1) is 16.6 Å². The second-order valence-corrected chi connectivity index (χ2v) is 6.84. The monoisotopic (exact) mass is 359 g/mol. The number of hydrogen-bond acceptors (Lipinski definition) is 2. The van der Waals surface area contributed by atoms with E-state index in [0.717, 1.165) is 48.9 Å². The summed E-state index contributed by atoms with van der Waals surface area (Å²) in [6.45, 7) is 1.88. The molecule has 0 amide bonds. The molecule has 1 saturated heterocycles. The third kappa shape index (κ3) is 3.46. The lowest BCUT2D eigenvalue weighted by atomic mass is 9.95. The molecule has 0 aliphatic carbocycles. The van der Waals surface area contributed by atoms with Crippen LogP contribution in [0.1, 0.15) is 35.7 Å². The van der Waals surface area contributed by atoms with E-state index >= 15 is 0 Å². The van der Waals surface area contributed by atoms with Gasteiger partial charge in [-0.1, -0.05) is 30.3 Å². The van der Waals surface area contributed by atoms with Crippen molar-refractivity contribution >= 4 is 11.0 Å². The third-order valence-electron chi connectivity index (χ3n) is 5.10. The molecule has 0 atom stereocenters. The normalized spacial score (nSPS) is 17.0. The van der Waals surface area contributed by atoms with E-state index in [1.807, 2.05) is 24.3 Å². The number of hydrogen-bond donors (Lipinski definition) is 1. The number of nitrogens with zero attached hydrogens (tertiary/aromatic N) is 2. The lowest BCUT2D eigenvalue weighted by molar-refractivity contribution is -0.138. The number of para-hydroxylation sites is 2. The van der Waals surface area contributed by atoms with Crippen LogP contribution in [0.5, 0.6) is 0 Å². The van der Waals surface area contributed by atoms with Crippen molar-refractivity contribution in [3.05, 3.63) is 65.5 Å². The molecule has 0 spiro atoms. The minimum Gasteiger partial charge on any atom is -0.342 e. The van der Waals surface area contributed by atoms with Gasteiger partial charge in [0.1, 0.15) is 5.82 Å². The topological polar surface area (TPSA) is 31.9 Å². The summed E-state index contributed by atoms with van der Waals surface area (Å²) in [5.74, 6) is 1.32. The third-order valence-corrected chi connectivity index (χ3v) is 5.10. The van der Waals surface area contributed by atoms with E-state index in [-0.39, 0.29) is 0 Å². The molecule has 0 saturated carbocycles. The van der Waals surface area contributed by atoms with E-state index < -0.39 is 11.7 Å². The van der Waals surface area contributed by atoms with Crippen molar-refractivity contribution in [2.75, 3.05) is 13.1 Å². The molecule has 1 aliphatic rings. The molecule has 0 bridgehead atoms. The van der Waals surface area contributed by atoms with Crippen LogP contribution in [0.2, 0.25) is 0 Å². The van der Waals surface area contributed by atoms with Crippen LogP contribution in [-0.2, 0) is 12.7 Å². The molecule has 0 radical (unpaired) electrons. The Hall–Kier alpha value is -2.34. The molecule has 1 fully saturated rings. The summed E-state index contributed by atoms with van der Waals surface area (Å²) in [4.78, 5) is 10.2. The van der Waals surface area contributed by atoms with Gasteiger partial charge in [0.15, 0.2) is 0 Å². The van der Waals surface area contributed by atoms with Crippen LogP contribution in [0, 0.1) is 0 Å². The van der Waals surface area contributed by atoms with Crippen molar-refractivity contribution in [3.8, 4) is 0 Å². The fourth-order valence-corrected chi connectivity index (χ4v) is 3.71. The summed E-state index contributed by atoms with van der Waals surface area (Å²) >= 11 is 0. The van der Waals surface area contributed by atoms with Gasteiger partial charge in [-0.15, -0.1) is 0 Å². The van der Waals surface area contributed by atoms with Crippen LogP contribution in [0.3, 0.4) is 0 Å². The SMILES string of the molecule is FC(F)(F)c1ccccc1CN1CCC(c2nc3ccccc3[nH]2)CC1. The summed E-state index contributed by atoms with van der Waals surface area (Å²) in [7, 11) is 0.